The lowest BCUT2D eigenvalue weighted by molar-refractivity contribution is 0.764. The highest BCUT2D eigenvalue weighted by Crippen LogP contribution is 2.01. The van der Waals surface area contributed by atoms with E-state index in [-0.39, 0.29) is 5.56 Å². The van der Waals surface area contributed by atoms with Crippen molar-refractivity contribution in [3.8, 4) is 0 Å². The zero-order valence-corrected chi connectivity index (χ0v) is 6.98. The van der Waals surface area contributed by atoms with Crippen molar-refractivity contribution in [1.29, 1.82) is 0 Å². The van der Waals surface area contributed by atoms with Crippen LogP contribution in [0, 0.1) is 6.92 Å². The number of hydrogen-bond donors (Lipinski definition) is 0. The van der Waals surface area contributed by atoms with E-state index in [4.69, 9.17) is 0 Å². The Kier molecular flexibility index (Phi) is 1.30. The van der Waals surface area contributed by atoms with Gasteiger partial charge in [-0.05, 0) is 18.6 Å². The monoisotopic (exact) mass is 163 g/mol. The summed E-state index contributed by atoms with van der Waals surface area (Å²) in [5, 5.41) is 4.04. The van der Waals surface area contributed by atoms with Gasteiger partial charge in [0.1, 0.15) is 11.8 Å². The summed E-state index contributed by atoms with van der Waals surface area (Å²) in [6.45, 7) is 1.94. The van der Waals surface area contributed by atoms with Crippen LogP contribution in [0.15, 0.2) is 23.4 Å². The Bertz CT molecular complexity index is 480. The molecule has 0 aliphatic heterocycles. The molecule has 2 heterocycles. The Balaban J connectivity index is 2.99. The van der Waals surface area contributed by atoms with Crippen LogP contribution in [-0.2, 0) is 7.05 Å². The molecule has 0 fully saturated rings. The molecule has 0 radical (unpaired) electrons. The van der Waals surface area contributed by atoms with Crippen molar-refractivity contribution in [3.63, 3.8) is 0 Å². The van der Waals surface area contributed by atoms with Gasteiger partial charge >= 0.3 is 0 Å². The Morgan fingerprint density at radius 2 is 2.25 bits per heavy atom. The normalized spacial score (nSPS) is 10.8. The number of aryl methyl sites for hydroxylation is 2. The van der Waals surface area contributed by atoms with Crippen molar-refractivity contribution in [2.45, 2.75) is 6.92 Å². The molecule has 12 heavy (non-hydrogen) atoms. The van der Waals surface area contributed by atoms with Crippen molar-refractivity contribution in [2.75, 3.05) is 0 Å². The second-order valence-corrected chi connectivity index (χ2v) is 2.89. The number of fused-ring (bicyclic) bond motifs is 1. The topological polar surface area (TPSA) is 39.3 Å². The molecule has 0 amide bonds. The highest BCUT2D eigenvalue weighted by molar-refractivity contribution is 5.46. The van der Waals surface area contributed by atoms with E-state index in [9.17, 15) is 4.79 Å². The second kappa shape index (κ2) is 2.20. The maximum absolute atomic E-state index is 11.4. The van der Waals surface area contributed by atoms with E-state index in [0.29, 0.717) is 5.52 Å². The van der Waals surface area contributed by atoms with Crippen LogP contribution in [0.3, 0.4) is 0 Å². The molecule has 0 saturated heterocycles. The SMILES string of the molecule is Cc1cc2c(=O)n(C)cnn2c1. The Labute approximate surface area is 69.1 Å². The standard InChI is InChI=1S/C8H9N3O/c1-6-3-7-8(12)10(2)5-9-11(7)4-6/h3-5H,1-2H3. The molecule has 62 valence electrons. The van der Waals surface area contributed by atoms with Crippen molar-refractivity contribution in [3.05, 3.63) is 34.5 Å². The molecule has 0 atom stereocenters. The predicted octanol–water partition coefficient (Wildman–Crippen LogP) is 0.341. The highest BCUT2D eigenvalue weighted by atomic mass is 16.1. The van der Waals surface area contributed by atoms with E-state index in [1.54, 1.807) is 11.6 Å². The quantitative estimate of drug-likeness (QED) is 0.562. The van der Waals surface area contributed by atoms with Crippen LogP contribution in [0.2, 0.25) is 0 Å². The molecule has 4 nitrogen and oxygen atoms in total. The third-order valence-corrected chi connectivity index (χ3v) is 1.83. The number of aromatic nitrogens is 3. The summed E-state index contributed by atoms with van der Waals surface area (Å²) in [5.74, 6) is 0. The maximum Gasteiger partial charge on any atom is 0.277 e. The Hall–Kier alpha value is -1.58. The third-order valence-electron chi connectivity index (χ3n) is 1.83. The van der Waals surface area contributed by atoms with Gasteiger partial charge in [-0.1, -0.05) is 0 Å². The molecule has 4 heteroatoms. The average Bonchev–Trinajstić information content (AvgIpc) is 2.39. The van der Waals surface area contributed by atoms with Crippen molar-refractivity contribution in [2.24, 2.45) is 7.05 Å². The number of hydrogen-bond acceptors (Lipinski definition) is 2. The molecule has 0 aliphatic carbocycles. The van der Waals surface area contributed by atoms with Gasteiger partial charge in [-0.25, -0.2) is 4.52 Å². The lowest BCUT2D eigenvalue weighted by Crippen LogP contribution is -2.19. The first-order valence-electron chi connectivity index (χ1n) is 3.69. The van der Waals surface area contributed by atoms with Crippen molar-refractivity contribution in [1.82, 2.24) is 14.2 Å². The third kappa shape index (κ3) is 0.845. The zero-order chi connectivity index (χ0) is 8.72. The molecule has 0 saturated carbocycles. The van der Waals surface area contributed by atoms with Gasteiger partial charge < -0.3 is 0 Å². The lowest BCUT2D eigenvalue weighted by atomic mass is 10.4. The number of nitrogens with zero attached hydrogens (tertiary/aromatic N) is 3. The Morgan fingerprint density at radius 1 is 1.50 bits per heavy atom. The number of rotatable bonds is 0. The predicted molar refractivity (Wildman–Crippen MR) is 45.2 cm³/mol. The van der Waals surface area contributed by atoms with Crippen LogP contribution >= 0.6 is 0 Å². The largest absolute Gasteiger partial charge is 0.299 e. The summed E-state index contributed by atoms with van der Waals surface area (Å²) >= 11 is 0. The van der Waals surface area contributed by atoms with Crippen molar-refractivity contribution >= 4 is 5.52 Å². The molecular weight excluding hydrogens is 154 g/mol. The van der Waals surface area contributed by atoms with Crippen molar-refractivity contribution < 1.29 is 0 Å². The molecule has 2 rings (SSSR count). The van der Waals surface area contributed by atoms with Gasteiger partial charge in [0.25, 0.3) is 5.56 Å². The zero-order valence-electron chi connectivity index (χ0n) is 6.98. The van der Waals surface area contributed by atoms with Crippen LogP contribution in [0.5, 0.6) is 0 Å². The van der Waals surface area contributed by atoms with E-state index in [2.05, 4.69) is 5.10 Å². The highest BCUT2D eigenvalue weighted by Gasteiger charge is 2.01. The summed E-state index contributed by atoms with van der Waals surface area (Å²) in [7, 11) is 1.69. The smallest absolute Gasteiger partial charge is 0.277 e. The van der Waals surface area contributed by atoms with Crippen LogP contribution in [0.1, 0.15) is 5.56 Å². The molecule has 2 aromatic rings. The van der Waals surface area contributed by atoms with E-state index >= 15 is 0 Å². The lowest BCUT2D eigenvalue weighted by Gasteiger charge is -1.95. The van der Waals surface area contributed by atoms with Crippen LogP contribution < -0.4 is 5.56 Å². The molecular formula is C8H9N3O. The van der Waals surface area contributed by atoms with Gasteiger partial charge in [0, 0.05) is 13.2 Å². The van der Waals surface area contributed by atoms with E-state index in [1.807, 2.05) is 19.2 Å². The van der Waals surface area contributed by atoms with Crippen LogP contribution in [-0.4, -0.2) is 14.2 Å². The summed E-state index contributed by atoms with van der Waals surface area (Å²) in [4.78, 5) is 11.4. The van der Waals surface area contributed by atoms with Gasteiger partial charge in [-0.15, -0.1) is 0 Å². The summed E-state index contributed by atoms with van der Waals surface area (Å²) in [6.07, 6.45) is 3.34. The van der Waals surface area contributed by atoms with Gasteiger partial charge in [0.05, 0.1) is 0 Å². The van der Waals surface area contributed by atoms with E-state index < -0.39 is 0 Å². The minimum Gasteiger partial charge on any atom is -0.299 e. The van der Waals surface area contributed by atoms with E-state index in [1.165, 1.54) is 10.9 Å². The van der Waals surface area contributed by atoms with Gasteiger partial charge in [-0.2, -0.15) is 5.10 Å². The molecule has 0 unspecified atom stereocenters. The first-order valence-corrected chi connectivity index (χ1v) is 3.69. The van der Waals surface area contributed by atoms with Gasteiger partial charge in [0.2, 0.25) is 0 Å². The molecule has 0 aromatic carbocycles. The van der Waals surface area contributed by atoms with E-state index in [0.717, 1.165) is 5.56 Å². The second-order valence-electron chi connectivity index (χ2n) is 2.89. The molecule has 0 N–H and O–H groups in total. The fourth-order valence-corrected chi connectivity index (χ4v) is 1.20. The fraction of sp³-hybridized carbons (Fsp3) is 0.250. The minimum atomic E-state index is -0.0156. The summed E-state index contributed by atoms with van der Waals surface area (Å²) in [6, 6.07) is 1.83. The maximum atomic E-state index is 11.4. The van der Waals surface area contributed by atoms with Gasteiger partial charge in [0.15, 0.2) is 0 Å². The summed E-state index contributed by atoms with van der Waals surface area (Å²) in [5.41, 5.74) is 1.65. The molecule has 0 aliphatic rings. The Morgan fingerprint density at radius 3 is 3.00 bits per heavy atom. The van der Waals surface area contributed by atoms with Gasteiger partial charge in [-0.3, -0.25) is 9.36 Å². The van der Waals surface area contributed by atoms with Crippen LogP contribution in [0.25, 0.3) is 5.52 Å². The molecule has 2 aromatic heterocycles. The first kappa shape index (κ1) is 7.09. The average molecular weight is 163 g/mol. The first-order chi connectivity index (χ1) is 5.68. The molecule has 0 spiro atoms. The fourth-order valence-electron chi connectivity index (χ4n) is 1.20. The van der Waals surface area contributed by atoms with Crippen LogP contribution in [0.4, 0.5) is 0 Å². The summed E-state index contributed by atoms with van der Waals surface area (Å²) < 4.78 is 3.06. The molecule has 0 bridgehead atoms. The minimum absolute atomic E-state index is 0.0156.